The van der Waals surface area contributed by atoms with Crippen molar-refractivity contribution in [2.45, 2.75) is 12.8 Å². The summed E-state index contributed by atoms with van der Waals surface area (Å²) in [7, 11) is 1.80. The third kappa shape index (κ3) is 3.19. The van der Waals surface area contributed by atoms with Crippen LogP contribution in [0.2, 0.25) is 0 Å². The Hall–Kier alpha value is -1.31. The predicted molar refractivity (Wildman–Crippen MR) is 52.3 cm³/mol. The van der Waals surface area contributed by atoms with Gasteiger partial charge in [0.05, 0.1) is 0 Å². The fourth-order valence-corrected chi connectivity index (χ4v) is 1.03. The zero-order chi connectivity index (χ0) is 8.65. The fourth-order valence-electron chi connectivity index (χ4n) is 1.03. The smallest absolute Gasteiger partial charge is 0.0245 e. The highest BCUT2D eigenvalue weighted by Gasteiger charge is 1.87. The molecule has 0 heterocycles. The molecule has 64 valence electrons. The Balaban J connectivity index is 2.29. The van der Waals surface area contributed by atoms with Crippen LogP contribution < -0.4 is 5.43 Å². The first-order chi connectivity index (χ1) is 5.93. The van der Waals surface area contributed by atoms with Crippen LogP contribution in [-0.2, 0) is 6.42 Å². The van der Waals surface area contributed by atoms with Gasteiger partial charge in [-0.25, -0.2) is 0 Å². The first-order valence-corrected chi connectivity index (χ1v) is 4.15. The molecule has 0 amide bonds. The maximum Gasteiger partial charge on any atom is 0.0245 e. The van der Waals surface area contributed by atoms with Gasteiger partial charge in [0.15, 0.2) is 0 Å². The standard InChI is InChI=1S/C10H14N2/c1-11-12-9-5-8-10-6-3-2-4-7-10/h2-4,6-7,9,11H,5,8H2,1H3/b12-9+. The van der Waals surface area contributed by atoms with Crippen molar-refractivity contribution in [2.75, 3.05) is 7.05 Å². The van der Waals surface area contributed by atoms with Crippen LogP contribution in [0.15, 0.2) is 35.4 Å². The Kier molecular flexibility index (Phi) is 3.92. The Morgan fingerprint density at radius 1 is 1.33 bits per heavy atom. The van der Waals surface area contributed by atoms with Gasteiger partial charge in [-0.3, -0.25) is 0 Å². The zero-order valence-electron chi connectivity index (χ0n) is 7.33. The number of hydrogen-bond acceptors (Lipinski definition) is 2. The average Bonchev–Trinajstić information content (AvgIpc) is 2.14. The van der Waals surface area contributed by atoms with Gasteiger partial charge in [0.25, 0.3) is 0 Å². The fraction of sp³-hybridized carbons (Fsp3) is 0.300. The van der Waals surface area contributed by atoms with Gasteiger partial charge in [-0.15, -0.1) is 0 Å². The lowest BCUT2D eigenvalue weighted by atomic mass is 10.1. The third-order valence-corrected chi connectivity index (χ3v) is 1.63. The van der Waals surface area contributed by atoms with E-state index >= 15 is 0 Å². The molecule has 0 atom stereocenters. The van der Waals surface area contributed by atoms with E-state index in [1.165, 1.54) is 5.56 Å². The summed E-state index contributed by atoms with van der Waals surface area (Å²) in [5, 5.41) is 3.91. The van der Waals surface area contributed by atoms with Crippen LogP contribution in [0, 0.1) is 0 Å². The molecule has 0 saturated carbocycles. The van der Waals surface area contributed by atoms with Crippen LogP contribution in [0.25, 0.3) is 0 Å². The van der Waals surface area contributed by atoms with Gasteiger partial charge in [0, 0.05) is 13.3 Å². The van der Waals surface area contributed by atoms with Crippen molar-refractivity contribution in [3.63, 3.8) is 0 Å². The Labute approximate surface area is 73.3 Å². The first kappa shape index (κ1) is 8.78. The lowest BCUT2D eigenvalue weighted by Crippen LogP contribution is -1.94. The minimum absolute atomic E-state index is 0.991. The molecule has 2 nitrogen and oxygen atoms in total. The summed E-state index contributed by atoms with van der Waals surface area (Å²) < 4.78 is 0. The molecule has 0 radical (unpaired) electrons. The maximum absolute atomic E-state index is 3.91. The van der Waals surface area contributed by atoms with Crippen LogP contribution in [0.3, 0.4) is 0 Å². The van der Waals surface area contributed by atoms with E-state index in [2.05, 4.69) is 34.8 Å². The highest BCUT2D eigenvalue weighted by atomic mass is 15.3. The lowest BCUT2D eigenvalue weighted by Gasteiger charge is -1.95. The van der Waals surface area contributed by atoms with E-state index in [0.29, 0.717) is 0 Å². The second-order valence-corrected chi connectivity index (χ2v) is 2.56. The number of nitrogens with zero attached hydrogens (tertiary/aromatic N) is 1. The van der Waals surface area contributed by atoms with Gasteiger partial charge in [-0.1, -0.05) is 30.3 Å². The molecule has 0 spiro atoms. The summed E-state index contributed by atoms with van der Waals surface area (Å²) in [6.07, 6.45) is 3.95. The quantitative estimate of drug-likeness (QED) is 0.530. The summed E-state index contributed by atoms with van der Waals surface area (Å²) in [5.74, 6) is 0. The molecule has 12 heavy (non-hydrogen) atoms. The zero-order valence-corrected chi connectivity index (χ0v) is 7.33. The van der Waals surface area contributed by atoms with Gasteiger partial charge in [-0.05, 0) is 18.4 Å². The molecule has 0 aliphatic carbocycles. The maximum atomic E-state index is 3.91. The number of nitrogens with one attached hydrogen (secondary N) is 1. The summed E-state index contributed by atoms with van der Waals surface area (Å²) >= 11 is 0. The largest absolute Gasteiger partial charge is 0.313 e. The van der Waals surface area contributed by atoms with Gasteiger partial charge >= 0.3 is 0 Å². The van der Waals surface area contributed by atoms with Crippen LogP contribution in [0.4, 0.5) is 0 Å². The van der Waals surface area contributed by atoms with Crippen molar-refractivity contribution in [2.24, 2.45) is 5.10 Å². The Morgan fingerprint density at radius 2 is 2.08 bits per heavy atom. The molecule has 1 aromatic carbocycles. The van der Waals surface area contributed by atoms with Crippen LogP contribution >= 0.6 is 0 Å². The predicted octanol–water partition coefficient (Wildman–Crippen LogP) is 1.82. The SMILES string of the molecule is CN/N=C/CCc1ccccc1. The lowest BCUT2D eigenvalue weighted by molar-refractivity contribution is 0.894. The molecule has 0 aliphatic heterocycles. The molecule has 2 heteroatoms. The Bertz CT molecular complexity index is 229. The normalized spacial score (nSPS) is 10.4. The number of hydrogen-bond donors (Lipinski definition) is 1. The second-order valence-electron chi connectivity index (χ2n) is 2.56. The minimum Gasteiger partial charge on any atom is -0.313 e. The highest BCUT2D eigenvalue weighted by molar-refractivity contribution is 5.57. The van der Waals surface area contributed by atoms with Crippen molar-refractivity contribution in [3.8, 4) is 0 Å². The van der Waals surface area contributed by atoms with Crippen molar-refractivity contribution in [1.29, 1.82) is 0 Å². The second kappa shape index (κ2) is 5.35. The summed E-state index contributed by atoms with van der Waals surface area (Å²) in [4.78, 5) is 0. The van der Waals surface area contributed by atoms with Gasteiger partial charge in [0.1, 0.15) is 0 Å². The van der Waals surface area contributed by atoms with Crippen LogP contribution in [0.5, 0.6) is 0 Å². The summed E-state index contributed by atoms with van der Waals surface area (Å²) in [6.45, 7) is 0. The van der Waals surface area contributed by atoms with E-state index in [4.69, 9.17) is 0 Å². The van der Waals surface area contributed by atoms with Crippen molar-refractivity contribution in [3.05, 3.63) is 35.9 Å². The number of hydrazone groups is 1. The molecule has 1 rings (SSSR count). The van der Waals surface area contributed by atoms with Crippen molar-refractivity contribution >= 4 is 6.21 Å². The molecule has 0 bridgehead atoms. The molecular weight excluding hydrogens is 148 g/mol. The molecule has 0 aliphatic rings. The average molecular weight is 162 g/mol. The molecule has 0 saturated heterocycles. The van der Waals surface area contributed by atoms with E-state index in [1.54, 1.807) is 7.05 Å². The number of benzene rings is 1. The monoisotopic (exact) mass is 162 g/mol. The first-order valence-electron chi connectivity index (χ1n) is 4.15. The van der Waals surface area contributed by atoms with E-state index < -0.39 is 0 Å². The number of aryl methyl sites for hydroxylation is 1. The molecule has 1 N–H and O–H groups in total. The summed E-state index contributed by atoms with van der Waals surface area (Å²) in [5.41, 5.74) is 4.08. The molecular formula is C10H14N2. The van der Waals surface area contributed by atoms with E-state index in [1.807, 2.05) is 12.3 Å². The highest BCUT2D eigenvalue weighted by Crippen LogP contribution is 2.00. The van der Waals surface area contributed by atoms with Crippen LogP contribution in [0.1, 0.15) is 12.0 Å². The van der Waals surface area contributed by atoms with Crippen LogP contribution in [-0.4, -0.2) is 13.3 Å². The van der Waals surface area contributed by atoms with Gasteiger partial charge in [-0.2, -0.15) is 5.10 Å². The molecule has 0 unspecified atom stereocenters. The minimum atomic E-state index is 0.991. The molecule has 0 fully saturated rings. The third-order valence-electron chi connectivity index (χ3n) is 1.63. The van der Waals surface area contributed by atoms with Gasteiger partial charge < -0.3 is 5.43 Å². The van der Waals surface area contributed by atoms with E-state index in [-0.39, 0.29) is 0 Å². The van der Waals surface area contributed by atoms with Crippen molar-refractivity contribution < 1.29 is 0 Å². The summed E-state index contributed by atoms with van der Waals surface area (Å²) in [6, 6.07) is 10.4. The van der Waals surface area contributed by atoms with E-state index in [9.17, 15) is 0 Å². The van der Waals surface area contributed by atoms with Gasteiger partial charge in [0.2, 0.25) is 0 Å². The Morgan fingerprint density at radius 3 is 2.75 bits per heavy atom. The molecule has 1 aromatic rings. The topological polar surface area (TPSA) is 24.4 Å². The number of rotatable bonds is 4. The van der Waals surface area contributed by atoms with E-state index in [0.717, 1.165) is 12.8 Å². The molecule has 0 aromatic heterocycles. The van der Waals surface area contributed by atoms with Crippen molar-refractivity contribution in [1.82, 2.24) is 5.43 Å².